The second-order valence-corrected chi connectivity index (χ2v) is 5.98. The van der Waals surface area contributed by atoms with Crippen LogP contribution >= 0.6 is 7.82 Å². The summed E-state index contributed by atoms with van der Waals surface area (Å²) in [7, 11) is -4.63. The molecular formula is C10H14N4NaO7P. The van der Waals surface area contributed by atoms with Gasteiger partial charge < -0.3 is 24.7 Å². The van der Waals surface area contributed by atoms with E-state index < -0.39 is 32.9 Å². The molecule has 0 radical (unpaired) electrons. The fraction of sp³-hybridized carbons (Fsp3) is 0.500. The zero-order valence-corrected chi connectivity index (χ0v) is 11.9. The number of imidazole rings is 1. The maximum absolute atomic E-state index is 10.7. The van der Waals surface area contributed by atoms with Crippen LogP contribution in [0.2, 0.25) is 0 Å². The van der Waals surface area contributed by atoms with Gasteiger partial charge in [-0.3, -0.25) is 9.09 Å². The van der Waals surface area contributed by atoms with Crippen molar-refractivity contribution >= 4 is 48.5 Å². The summed E-state index contributed by atoms with van der Waals surface area (Å²) < 4.78 is 22.1. The Morgan fingerprint density at radius 3 is 2.83 bits per heavy atom. The number of phosphoric acid groups is 1. The fourth-order valence-corrected chi connectivity index (χ4v) is 2.60. The van der Waals surface area contributed by atoms with Gasteiger partial charge >= 0.3 is 37.4 Å². The van der Waals surface area contributed by atoms with Gasteiger partial charge in [0.1, 0.15) is 18.7 Å². The minimum absolute atomic E-state index is 0. The molecule has 1 saturated heterocycles. The van der Waals surface area contributed by atoms with Crippen molar-refractivity contribution < 1.29 is 33.8 Å². The Labute approximate surface area is 151 Å². The number of nitrogens with zero attached hydrogens (tertiary/aromatic N) is 4. The Hall–Kier alpha value is -0.620. The maximum atomic E-state index is 10.7. The van der Waals surface area contributed by atoms with Crippen molar-refractivity contribution in [2.24, 2.45) is 0 Å². The van der Waals surface area contributed by atoms with Gasteiger partial charge in [0, 0.05) is 6.42 Å². The van der Waals surface area contributed by atoms with Crippen LogP contribution in [0.25, 0.3) is 11.2 Å². The summed E-state index contributed by atoms with van der Waals surface area (Å²) in [4.78, 5) is 28.9. The van der Waals surface area contributed by atoms with Crippen LogP contribution in [0.1, 0.15) is 12.6 Å². The van der Waals surface area contributed by atoms with Crippen LogP contribution in [0, 0.1) is 0 Å². The third-order valence-electron chi connectivity index (χ3n) is 3.26. The predicted octanol–water partition coefficient (Wildman–Crippen LogP) is -1.36. The second kappa shape index (κ2) is 7.09. The first kappa shape index (κ1) is 18.7. The molecule has 4 N–H and O–H groups in total. The number of hydrogen-bond donors (Lipinski definition) is 4. The van der Waals surface area contributed by atoms with Gasteiger partial charge in [0.25, 0.3) is 0 Å². The number of ether oxygens (including phenoxy) is 1. The summed E-state index contributed by atoms with van der Waals surface area (Å²) in [6.45, 7) is -0.450. The first-order valence-electron chi connectivity index (χ1n) is 6.25. The molecule has 0 amide bonds. The van der Waals surface area contributed by atoms with Crippen molar-refractivity contribution in [1.82, 2.24) is 19.5 Å². The number of rotatable bonds is 4. The Kier molecular flexibility index (Phi) is 5.77. The van der Waals surface area contributed by atoms with E-state index in [0.29, 0.717) is 5.65 Å². The van der Waals surface area contributed by atoms with E-state index in [1.54, 1.807) is 0 Å². The van der Waals surface area contributed by atoms with Crippen LogP contribution < -0.4 is 0 Å². The Balaban J connectivity index is 0.00000192. The van der Waals surface area contributed by atoms with Gasteiger partial charge in [-0.25, -0.2) is 14.5 Å². The molecule has 2 aromatic rings. The van der Waals surface area contributed by atoms with Crippen molar-refractivity contribution in [3.63, 3.8) is 0 Å². The van der Waals surface area contributed by atoms with E-state index in [2.05, 4.69) is 19.5 Å². The Bertz CT molecular complexity index is 737. The molecule has 0 aromatic carbocycles. The number of aliphatic hydroxyl groups is 1. The van der Waals surface area contributed by atoms with Gasteiger partial charge in [-0.2, -0.15) is 4.98 Å². The number of aromatic hydroxyl groups is 1. The molecule has 1 aliphatic rings. The molecule has 1 fully saturated rings. The van der Waals surface area contributed by atoms with E-state index in [0.717, 1.165) is 6.33 Å². The summed E-state index contributed by atoms with van der Waals surface area (Å²) in [5, 5.41) is 19.5. The van der Waals surface area contributed by atoms with Gasteiger partial charge in [0.15, 0.2) is 11.2 Å². The van der Waals surface area contributed by atoms with Gasteiger partial charge in [0.05, 0.1) is 19.0 Å². The van der Waals surface area contributed by atoms with E-state index in [9.17, 15) is 14.8 Å². The second-order valence-electron chi connectivity index (χ2n) is 4.74. The molecule has 13 heteroatoms. The standard InChI is InChI=1S/C10H13N4O7P.Na.H/c15-5-1-7(21-6(5)2-20-22(17,18)19)14-4-13-8-9(14)11-3-12-10(8)16;;/h3-7,15H,1-2H2,(H,11,12,16)(H2,17,18,19);;/t5-,6+,7+;;/m0../s1. The molecule has 2 aromatic heterocycles. The van der Waals surface area contributed by atoms with E-state index in [1.807, 2.05) is 0 Å². The van der Waals surface area contributed by atoms with Crippen LogP contribution in [0.4, 0.5) is 0 Å². The SMILES string of the molecule is O=P(O)(O)OC[C@H]1O[C@@H](n2cnc3c(O)ncnc32)C[C@@H]1O.[NaH]. The third-order valence-corrected chi connectivity index (χ3v) is 3.75. The first-order valence-corrected chi connectivity index (χ1v) is 7.78. The molecule has 0 saturated carbocycles. The molecule has 0 unspecified atom stereocenters. The quantitative estimate of drug-likeness (QED) is 0.380. The van der Waals surface area contributed by atoms with E-state index in [-0.39, 0.29) is 47.4 Å². The average Bonchev–Trinajstić information content (AvgIpc) is 3.00. The molecule has 3 heterocycles. The van der Waals surface area contributed by atoms with Gasteiger partial charge in [0.2, 0.25) is 5.88 Å². The molecule has 122 valence electrons. The van der Waals surface area contributed by atoms with Gasteiger partial charge in [-0.15, -0.1) is 0 Å². The van der Waals surface area contributed by atoms with E-state index in [1.165, 1.54) is 10.9 Å². The van der Waals surface area contributed by atoms with Crippen LogP contribution in [0.5, 0.6) is 5.88 Å². The van der Waals surface area contributed by atoms with Crippen molar-refractivity contribution in [3.05, 3.63) is 12.7 Å². The first-order chi connectivity index (χ1) is 10.3. The van der Waals surface area contributed by atoms with Crippen LogP contribution in [0.3, 0.4) is 0 Å². The molecule has 3 rings (SSSR count). The van der Waals surface area contributed by atoms with Crippen molar-refractivity contribution in [2.45, 2.75) is 24.9 Å². The van der Waals surface area contributed by atoms with Gasteiger partial charge in [-0.1, -0.05) is 0 Å². The summed E-state index contributed by atoms with van der Waals surface area (Å²) in [6.07, 6.45) is 0.179. The average molecular weight is 356 g/mol. The molecule has 0 spiro atoms. The number of phosphoric ester groups is 1. The molecule has 0 bridgehead atoms. The topological polar surface area (TPSA) is 160 Å². The summed E-state index contributed by atoms with van der Waals surface area (Å²) in [5.74, 6) is -0.274. The normalized spacial score (nSPS) is 24.7. The Morgan fingerprint density at radius 1 is 1.39 bits per heavy atom. The summed E-state index contributed by atoms with van der Waals surface area (Å²) >= 11 is 0. The molecule has 0 aliphatic carbocycles. The monoisotopic (exact) mass is 356 g/mol. The minimum atomic E-state index is -4.63. The summed E-state index contributed by atoms with van der Waals surface area (Å²) in [5.41, 5.74) is 0.511. The van der Waals surface area contributed by atoms with Crippen molar-refractivity contribution in [1.29, 1.82) is 0 Å². The molecule has 11 nitrogen and oxygen atoms in total. The molecule has 1 aliphatic heterocycles. The van der Waals surface area contributed by atoms with Crippen LogP contribution in [0.15, 0.2) is 12.7 Å². The fourth-order valence-electron chi connectivity index (χ4n) is 2.26. The van der Waals surface area contributed by atoms with Crippen molar-refractivity contribution in [2.75, 3.05) is 6.61 Å². The number of hydrogen-bond acceptors (Lipinski definition) is 8. The number of aromatic nitrogens is 4. The summed E-state index contributed by atoms with van der Waals surface area (Å²) in [6, 6.07) is 0. The number of fused-ring (bicyclic) bond motifs is 1. The van der Waals surface area contributed by atoms with Gasteiger partial charge in [-0.05, 0) is 0 Å². The number of aliphatic hydroxyl groups excluding tert-OH is 1. The van der Waals surface area contributed by atoms with Crippen LogP contribution in [-0.2, 0) is 13.8 Å². The zero-order chi connectivity index (χ0) is 15.9. The zero-order valence-electron chi connectivity index (χ0n) is 11.1. The van der Waals surface area contributed by atoms with E-state index in [4.69, 9.17) is 14.5 Å². The molecule has 3 atom stereocenters. The molecule has 23 heavy (non-hydrogen) atoms. The molecular weight excluding hydrogens is 342 g/mol. The Morgan fingerprint density at radius 2 is 2.13 bits per heavy atom. The predicted molar refractivity (Wildman–Crippen MR) is 76.7 cm³/mol. The van der Waals surface area contributed by atoms with Crippen LogP contribution in [-0.4, -0.2) is 87.9 Å². The van der Waals surface area contributed by atoms with E-state index >= 15 is 0 Å². The third kappa shape index (κ3) is 4.08. The van der Waals surface area contributed by atoms with Crippen molar-refractivity contribution in [3.8, 4) is 5.88 Å².